The standard InChI is InChI=1S/C17H32O3/c1-2-3-4-5-6-9-12-16(19)13-10-7-8-11-14-17(20)15-18/h18H,2-15H2,1H3. The van der Waals surface area contributed by atoms with Crippen LogP contribution in [0.4, 0.5) is 0 Å². The lowest BCUT2D eigenvalue weighted by atomic mass is 10.0. The summed E-state index contributed by atoms with van der Waals surface area (Å²) in [6.45, 7) is 1.87. The number of rotatable bonds is 15. The van der Waals surface area contributed by atoms with Crippen molar-refractivity contribution in [1.82, 2.24) is 0 Å². The molecule has 118 valence electrons. The van der Waals surface area contributed by atoms with Crippen LogP contribution in [0.2, 0.25) is 0 Å². The lowest BCUT2D eigenvalue weighted by Crippen LogP contribution is -2.02. The van der Waals surface area contributed by atoms with Gasteiger partial charge in [-0.2, -0.15) is 0 Å². The van der Waals surface area contributed by atoms with E-state index in [-0.39, 0.29) is 12.4 Å². The Morgan fingerprint density at radius 3 is 1.50 bits per heavy atom. The molecule has 3 nitrogen and oxygen atoms in total. The van der Waals surface area contributed by atoms with Gasteiger partial charge >= 0.3 is 0 Å². The summed E-state index contributed by atoms with van der Waals surface area (Å²) in [4.78, 5) is 22.5. The molecule has 0 unspecified atom stereocenters. The van der Waals surface area contributed by atoms with Gasteiger partial charge in [0, 0.05) is 19.3 Å². The van der Waals surface area contributed by atoms with Crippen molar-refractivity contribution in [3.63, 3.8) is 0 Å². The van der Waals surface area contributed by atoms with Gasteiger partial charge in [0.1, 0.15) is 12.4 Å². The summed E-state index contributed by atoms with van der Waals surface area (Å²) in [5.41, 5.74) is 0. The average molecular weight is 284 g/mol. The van der Waals surface area contributed by atoms with Crippen LogP contribution in [-0.2, 0) is 9.59 Å². The molecule has 0 aliphatic heterocycles. The number of carbonyl (C=O) groups is 2. The van der Waals surface area contributed by atoms with Gasteiger partial charge in [0.05, 0.1) is 0 Å². The highest BCUT2D eigenvalue weighted by Crippen LogP contribution is 2.11. The zero-order valence-electron chi connectivity index (χ0n) is 13.2. The molecular formula is C17H32O3. The zero-order chi connectivity index (χ0) is 15.1. The van der Waals surface area contributed by atoms with Crippen molar-refractivity contribution in [2.75, 3.05) is 6.61 Å². The molecule has 0 aromatic rings. The smallest absolute Gasteiger partial charge is 0.158 e. The van der Waals surface area contributed by atoms with E-state index in [1.807, 2.05) is 0 Å². The summed E-state index contributed by atoms with van der Waals surface area (Å²) in [6.07, 6.45) is 13.1. The minimum Gasteiger partial charge on any atom is -0.389 e. The summed E-state index contributed by atoms with van der Waals surface area (Å²) in [6, 6.07) is 0. The van der Waals surface area contributed by atoms with Crippen molar-refractivity contribution >= 4 is 11.6 Å². The van der Waals surface area contributed by atoms with E-state index in [9.17, 15) is 9.59 Å². The van der Waals surface area contributed by atoms with E-state index in [1.54, 1.807) is 0 Å². The first-order chi connectivity index (χ1) is 9.70. The molecule has 0 radical (unpaired) electrons. The van der Waals surface area contributed by atoms with Crippen LogP contribution in [0.25, 0.3) is 0 Å². The van der Waals surface area contributed by atoms with E-state index in [0.29, 0.717) is 18.6 Å². The molecule has 0 saturated carbocycles. The maximum Gasteiger partial charge on any atom is 0.158 e. The van der Waals surface area contributed by atoms with E-state index in [1.165, 1.54) is 32.1 Å². The van der Waals surface area contributed by atoms with Gasteiger partial charge in [-0.15, -0.1) is 0 Å². The van der Waals surface area contributed by atoms with E-state index < -0.39 is 0 Å². The fraction of sp³-hybridized carbons (Fsp3) is 0.882. The maximum absolute atomic E-state index is 11.6. The minimum atomic E-state index is -0.337. The van der Waals surface area contributed by atoms with Gasteiger partial charge in [-0.25, -0.2) is 0 Å². The fourth-order valence-electron chi connectivity index (χ4n) is 2.30. The molecule has 0 amide bonds. The molecule has 20 heavy (non-hydrogen) atoms. The molecule has 0 aliphatic rings. The van der Waals surface area contributed by atoms with Crippen LogP contribution in [0.5, 0.6) is 0 Å². The van der Waals surface area contributed by atoms with E-state index in [0.717, 1.165) is 38.5 Å². The summed E-state index contributed by atoms with van der Waals surface area (Å²) in [7, 11) is 0. The second-order valence-electron chi connectivity index (χ2n) is 5.67. The third kappa shape index (κ3) is 13.7. The van der Waals surface area contributed by atoms with Crippen molar-refractivity contribution in [2.24, 2.45) is 0 Å². The number of aliphatic hydroxyl groups is 1. The van der Waals surface area contributed by atoms with Gasteiger partial charge in [0.2, 0.25) is 0 Å². The summed E-state index contributed by atoms with van der Waals surface area (Å²) in [5.74, 6) is 0.316. The molecule has 0 aromatic heterocycles. The van der Waals surface area contributed by atoms with Gasteiger partial charge in [-0.05, 0) is 19.3 Å². The number of unbranched alkanes of at least 4 members (excludes halogenated alkanes) is 8. The number of hydrogen-bond donors (Lipinski definition) is 1. The summed E-state index contributed by atoms with van der Waals surface area (Å²) < 4.78 is 0. The molecule has 0 aliphatic carbocycles. The Morgan fingerprint density at radius 2 is 1.05 bits per heavy atom. The Labute approximate surface area is 124 Å². The molecule has 1 N–H and O–H groups in total. The van der Waals surface area contributed by atoms with Crippen LogP contribution in [0.1, 0.15) is 90.4 Å². The number of carbonyl (C=O) groups excluding carboxylic acids is 2. The molecular weight excluding hydrogens is 252 g/mol. The van der Waals surface area contributed by atoms with Gasteiger partial charge < -0.3 is 5.11 Å². The van der Waals surface area contributed by atoms with Crippen LogP contribution in [-0.4, -0.2) is 23.3 Å². The normalized spacial score (nSPS) is 10.7. The molecule has 0 rings (SSSR count). The molecule has 0 atom stereocenters. The van der Waals surface area contributed by atoms with Crippen molar-refractivity contribution in [3.05, 3.63) is 0 Å². The quantitative estimate of drug-likeness (QED) is 0.458. The third-order valence-corrected chi connectivity index (χ3v) is 3.65. The number of Topliss-reactive ketones (excluding diaryl/α,β-unsaturated/α-hetero) is 2. The predicted octanol–water partition coefficient (Wildman–Crippen LogP) is 4.21. The van der Waals surface area contributed by atoms with Gasteiger partial charge in [-0.1, -0.05) is 51.9 Å². The molecule has 0 heterocycles. The predicted molar refractivity (Wildman–Crippen MR) is 82.8 cm³/mol. The highest BCUT2D eigenvalue weighted by molar-refractivity contribution is 5.79. The first kappa shape index (κ1) is 19.3. The Morgan fingerprint density at radius 1 is 0.650 bits per heavy atom. The Bertz CT molecular complexity index is 249. The average Bonchev–Trinajstić information content (AvgIpc) is 2.46. The lowest BCUT2D eigenvalue weighted by Gasteiger charge is -2.02. The highest BCUT2D eigenvalue weighted by Gasteiger charge is 2.03. The van der Waals surface area contributed by atoms with Crippen molar-refractivity contribution in [3.8, 4) is 0 Å². The Kier molecular flexibility index (Phi) is 14.2. The molecule has 0 bridgehead atoms. The van der Waals surface area contributed by atoms with Crippen LogP contribution in [0.3, 0.4) is 0 Å². The maximum atomic E-state index is 11.6. The summed E-state index contributed by atoms with van der Waals surface area (Å²) >= 11 is 0. The van der Waals surface area contributed by atoms with E-state index in [2.05, 4.69) is 6.92 Å². The van der Waals surface area contributed by atoms with Crippen LogP contribution < -0.4 is 0 Å². The lowest BCUT2D eigenvalue weighted by molar-refractivity contribution is -0.122. The van der Waals surface area contributed by atoms with Crippen LogP contribution in [0.15, 0.2) is 0 Å². The summed E-state index contributed by atoms with van der Waals surface area (Å²) in [5, 5.41) is 8.57. The monoisotopic (exact) mass is 284 g/mol. The topological polar surface area (TPSA) is 54.4 Å². The molecule has 0 spiro atoms. The second-order valence-corrected chi connectivity index (χ2v) is 5.67. The molecule has 0 saturated heterocycles. The van der Waals surface area contributed by atoms with Gasteiger partial charge in [-0.3, -0.25) is 9.59 Å². The van der Waals surface area contributed by atoms with Crippen LogP contribution >= 0.6 is 0 Å². The SMILES string of the molecule is CCCCCCCCC(=O)CCCCCCC(=O)CO. The van der Waals surface area contributed by atoms with Crippen molar-refractivity contribution in [2.45, 2.75) is 90.4 Å². The van der Waals surface area contributed by atoms with Crippen molar-refractivity contribution in [1.29, 1.82) is 0 Å². The number of ketones is 2. The number of hydrogen-bond acceptors (Lipinski definition) is 3. The molecule has 0 aromatic carbocycles. The third-order valence-electron chi connectivity index (χ3n) is 3.65. The van der Waals surface area contributed by atoms with Gasteiger partial charge in [0.15, 0.2) is 5.78 Å². The fourth-order valence-corrected chi connectivity index (χ4v) is 2.30. The zero-order valence-corrected chi connectivity index (χ0v) is 13.2. The molecule has 3 heteroatoms. The van der Waals surface area contributed by atoms with Gasteiger partial charge in [0.25, 0.3) is 0 Å². The molecule has 0 fully saturated rings. The second kappa shape index (κ2) is 14.7. The first-order valence-corrected chi connectivity index (χ1v) is 8.35. The largest absolute Gasteiger partial charge is 0.389 e. The Hall–Kier alpha value is -0.700. The van der Waals surface area contributed by atoms with E-state index >= 15 is 0 Å². The van der Waals surface area contributed by atoms with Crippen molar-refractivity contribution < 1.29 is 14.7 Å². The van der Waals surface area contributed by atoms with E-state index in [4.69, 9.17) is 5.11 Å². The van der Waals surface area contributed by atoms with Crippen LogP contribution in [0, 0.1) is 0 Å². The number of aliphatic hydroxyl groups excluding tert-OH is 1. The highest BCUT2D eigenvalue weighted by atomic mass is 16.3. The first-order valence-electron chi connectivity index (χ1n) is 8.35. The minimum absolute atomic E-state index is 0.0795. The Balaban J connectivity index is 3.22.